The third-order valence-corrected chi connectivity index (χ3v) is 9.91. The topological polar surface area (TPSA) is 74.8 Å². The Hall–Kier alpha value is -5.16. The number of fused-ring (bicyclic) bond motifs is 2. The van der Waals surface area contributed by atoms with Crippen LogP contribution in [-0.2, 0) is 24.7 Å². The fraction of sp³-hybridized carbons (Fsp3) is 0.333. The van der Waals surface area contributed by atoms with Crippen molar-refractivity contribution in [3.8, 4) is 0 Å². The molecule has 284 valence electrons. The highest BCUT2D eigenvalue weighted by molar-refractivity contribution is 6.42. The quantitative estimate of drug-likeness (QED) is 0.0745. The Labute approximate surface area is 294 Å². The number of hydrogen-bond donors (Lipinski definition) is 0. The third kappa shape index (κ3) is 5.11. The Balaban J connectivity index is 1.86. The van der Waals surface area contributed by atoms with E-state index in [0.29, 0.717) is 0 Å². The van der Waals surface area contributed by atoms with Gasteiger partial charge in [0, 0.05) is 45.8 Å². The lowest BCUT2D eigenvalue weighted by Crippen LogP contribution is -2.42. The molecule has 5 aromatic rings. The van der Waals surface area contributed by atoms with Gasteiger partial charge < -0.3 is 0 Å². The molecule has 4 amide bonds. The standard InChI is InChI=1S/C36H22F12N2O4/c1-3-5-7-49-29(51)15-11-17(33(37,38)39)21-14-10-20(36(46,47)48)28-26-16(30(52)50(32(28)54)8-6-4-2)12-18(34(40,41)42)22(24(14)26)13-9-19(35(43,44)45)27(31(49)53)25(15)23(13)21/h9-12H,3-8H2,1-2H3. The van der Waals surface area contributed by atoms with Gasteiger partial charge in [-0.05, 0) is 58.7 Å². The molecule has 0 saturated heterocycles. The molecular weight excluding hydrogens is 752 g/mol. The van der Waals surface area contributed by atoms with Gasteiger partial charge in [0.15, 0.2) is 0 Å². The van der Waals surface area contributed by atoms with E-state index in [1.165, 1.54) is 0 Å². The Bertz CT molecular complexity index is 2340. The zero-order chi connectivity index (χ0) is 39.8. The molecular formula is C36H22F12N2O4. The second kappa shape index (κ2) is 11.7. The second-order valence-electron chi connectivity index (χ2n) is 13.1. The van der Waals surface area contributed by atoms with Gasteiger partial charge in [0.1, 0.15) is 0 Å². The fourth-order valence-corrected chi connectivity index (χ4v) is 7.68. The van der Waals surface area contributed by atoms with Crippen LogP contribution < -0.4 is 0 Å². The summed E-state index contributed by atoms with van der Waals surface area (Å²) in [5, 5.41) is -9.83. The molecule has 6 nitrogen and oxygen atoms in total. The van der Waals surface area contributed by atoms with Crippen molar-refractivity contribution < 1.29 is 71.9 Å². The van der Waals surface area contributed by atoms with Crippen LogP contribution in [0.25, 0.3) is 43.1 Å². The molecule has 0 spiro atoms. The average Bonchev–Trinajstić information content (AvgIpc) is 3.06. The molecule has 0 bridgehead atoms. The SMILES string of the molecule is CCCCN1C(=O)c2cc(C(F)(F)F)c3c4cc(C(F)(F)F)c5c6c(cc(C(F)(F)F)c(c7cc(C(F)(F)F)c(c2c73)C1=O)c64)C(=O)N(CCCC)C5=O. The van der Waals surface area contributed by atoms with Crippen molar-refractivity contribution >= 4 is 66.7 Å². The van der Waals surface area contributed by atoms with Crippen molar-refractivity contribution in [1.82, 2.24) is 9.80 Å². The molecule has 0 fully saturated rings. The fourth-order valence-electron chi connectivity index (χ4n) is 7.68. The normalized spacial score (nSPS) is 15.7. The number of halogens is 12. The van der Waals surface area contributed by atoms with E-state index in [1.807, 2.05) is 0 Å². The van der Waals surface area contributed by atoms with Crippen LogP contribution in [0.5, 0.6) is 0 Å². The Morgan fingerprint density at radius 3 is 1.02 bits per heavy atom. The predicted molar refractivity (Wildman–Crippen MR) is 168 cm³/mol. The van der Waals surface area contributed by atoms with E-state index in [0.717, 1.165) is 0 Å². The minimum Gasteiger partial charge on any atom is -0.274 e. The van der Waals surface area contributed by atoms with Crippen molar-refractivity contribution in [2.45, 2.75) is 64.2 Å². The van der Waals surface area contributed by atoms with Crippen LogP contribution in [0, 0.1) is 0 Å². The van der Waals surface area contributed by atoms with Gasteiger partial charge in [0.05, 0.1) is 33.4 Å². The summed E-state index contributed by atoms with van der Waals surface area (Å²) < 4.78 is 180. The summed E-state index contributed by atoms with van der Waals surface area (Å²) in [5.41, 5.74) is -12.7. The summed E-state index contributed by atoms with van der Waals surface area (Å²) in [6.45, 7) is 2.06. The number of alkyl halides is 12. The van der Waals surface area contributed by atoms with E-state index in [2.05, 4.69) is 0 Å². The van der Waals surface area contributed by atoms with E-state index in [9.17, 15) is 45.5 Å². The van der Waals surface area contributed by atoms with Crippen molar-refractivity contribution in [1.29, 1.82) is 0 Å². The van der Waals surface area contributed by atoms with Gasteiger partial charge in [-0.2, -0.15) is 52.7 Å². The van der Waals surface area contributed by atoms with Crippen LogP contribution in [0.2, 0.25) is 0 Å². The maximum Gasteiger partial charge on any atom is 0.417 e. The zero-order valence-electron chi connectivity index (χ0n) is 27.6. The first-order valence-corrected chi connectivity index (χ1v) is 16.3. The molecule has 5 aromatic carbocycles. The largest absolute Gasteiger partial charge is 0.417 e. The number of benzene rings is 5. The first kappa shape index (κ1) is 37.2. The highest BCUT2D eigenvalue weighted by atomic mass is 19.4. The molecule has 0 N–H and O–H groups in total. The number of imide groups is 2. The Morgan fingerprint density at radius 1 is 0.426 bits per heavy atom. The predicted octanol–water partition coefficient (Wildman–Crippen LogP) is 10.6. The lowest BCUT2D eigenvalue weighted by atomic mass is 9.77. The van der Waals surface area contributed by atoms with Crippen molar-refractivity contribution in [3.05, 3.63) is 68.8 Å². The minimum absolute atomic E-state index is 0.00210. The number of carbonyl (C=O) groups is 4. The van der Waals surface area contributed by atoms with Crippen molar-refractivity contribution in [2.75, 3.05) is 13.1 Å². The molecule has 2 aliphatic rings. The van der Waals surface area contributed by atoms with Crippen molar-refractivity contribution in [3.63, 3.8) is 0 Å². The first-order valence-electron chi connectivity index (χ1n) is 16.3. The summed E-state index contributed by atoms with van der Waals surface area (Å²) in [6, 6.07) is 0.146. The van der Waals surface area contributed by atoms with E-state index in [-0.39, 0.29) is 59.7 Å². The molecule has 2 heterocycles. The van der Waals surface area contributed by atoms with Crippen LogP contribution in [-0.4, -0.2) is 46.5 Å². The number of nitrogens with zero attached hydrogens (tertiary/aromatic N) is 2. The number of hydrogen-bond acceptors (Lipinski definition) is 4. The van der Waals surface area contributed by atoms with Crippen LogP contribution in [0.15, 0.2) is 24.3 Å². The molecule has 54 heavy (non-hydrogen) atoms. The molecule has 18 heteroatoms. The summed E-state index contributed by atoms with van der Waals surface area (Å²) in [4.78, 5) is 55.4. The van der Waals surface area contributed by atoms with Gasteiger partial charge in [-0.15, -0.1) is 0 Å². The molecule has 0 atom stereocenters. The number of amides is 4. The van der Waals surface area contributed by atoms with E-state index >= 15 is 26.3 Å². The van der Waals surface area contributed by atoms with E-state index in [1.54, 1.807) is 13.8 Å². The number of unbranched alkanes of at least 4 members (excludes halogenated alkanes) is 2. The van der Waals surface area contributed by atoms with Gasteiger partial charge in [0.2, 0.25) is 0 Å². The lowest BCUT2D eigenvalue weighted by molar-refractivity contribution is -0.138. The number of rotatable bonds is 6. The monoisotopic (exact) mass is 774 g/mol. The zero-order valence-corrected chi connectivity index (χ0v) is 27.6. The molecule has 0 aromatic heterocycles. The molecule has 2 aliphatic heterocycles. The van der Waals surface area contributed by atoms with E-state index in [4.69, 9.17) is 0 Å². The van der Waals surface area contributed by atoms with Crippen LogP contribution in [0.4, 0.5) is 52.7 Å². The molecule has 0 radical (unpaired) electrons. The number of carbonyl (C=O) groups excluding carboxylic acids is 4. The van der Waals surface area contributed by atoms with Gasteiger partial charge in [-0.1, -0.05) is 26.7 Å². The van der Waals surface area contributed by atoms with Gasteiger partial charge in [-0.3, -0.25) is 29.0 Å². The minimum atomic E-state index is -5.62. The molecule has 0 unspecified atom stereocenters. The summed E-state index contributed by atoms with van der Waals surface area (Å²) in [7, 11) is 0. The van der Waals surface area contributed by atoms with Crippen LogP contribution >= 0.6 is 0 Å². The summed E-state index contributed by atoms with van der Waals surface area (Å²) in [6.07, 6.45) is -21.9. The van der Waals surface area contributed by atoms with Gasteiger partial charge >= 0.3 is 24.7 Å². The highest BCUT2D eigenvalue weighted by Gasteiger charge is 2.49. The Kier molecular flexibility index (Phi) is 8.03. The second-order valence-corrected chi connectivity index (χ2v) is 13.1. The third-order valence-electron chi connectivity index (χ3n) is 9.91. The van der Waals surface area contributed by atoms with Crippen LogP contribution in [0.3, 0.4) is 0 Å². The van der Waals surface area contributed by atoms with Gasteiger partial charge in [-0.25, -0.2) is 0 Å². The summed E-state index contributed by atoms with van der Waals surface area (Å²) >= 11 is 0. The lowest BCUT2D eigenvalue weighted by Gasteiger charge is -2.33. The molecule has 0 saturated carbocycles. The van der Waals surface area contributed by atoms with Gasteiger partial charge in [0.25, 0.3) is 23.6 Å². The van der Waals surface area contributed by atoms with Crippen LogP contribution in [0.1, 0.15) is 103 Å². The average molecular weight is 775 g/mol. The highest BCUT2D eigenvalue weighted by Crippen LogP contribution is 2.56. The van der Waals surface area contributed by atoms with E-state index < -0.39 is 149 Å². The Morgan fingerprint density at radius 2 is 0.741 bits per heavy atom. The van der Waals surface area contributed by atoms with Crippen molar-refractivity contribution in [2.24, 2.45) is 0 Å². The molecule has 0 aliphatic carbocycles. The molecule has 7 rings (SSSR count). The maximum atomic E-state index is 15.1. The smallest absolute Gasteiger partial charge is 0.274 e. The maximum absolute atomic E-state index is 15.1. The first-order chi connectivity index (χ1) is 25.0. The summed E-state index contributed by atoms with van der Waals surface area (Å²) in [5.74, 6) is -6.27.